The zero-order chi connectivity index (χ0) is 33.7. The van der Waals surface area contributed by atoms with Crippen molar-refractivity contribution in [1.82, 2.24) is 14.9 Å². The van der Waals surface area contributed by atoms with Crippen molar-refractivity contribution in [3.05, 3.63) is 71.0 Å². The Bertz CT molecular complexity index is 2050. The molecule has 0 bridgehead atoms. The SMILES string of the molecule is COc1cc2cc(C(=O)N3C[C@@H](CCl)c4c3ccc3[nH]c(C(=O)N5CCc6ccc(OCCN(C)C)cc65)cc43)[nH]c2c(OC)c1OC. The van der Waals surface area contributed by atoms with Gasteiger partial charge in [0.1, 0.15) is 23.7 Å². The lowest BCUT2D eigenvalue weighted by Crippen LogP contribution is -2.30. The quantitative estimate of drug-likeness (QED) is 0.181. The van der Waals surface area contributed by atoms with E-state index in [1.807, 2.05) is 61.5 Å². The number of nitrogens with zero attached hydrogens (tertiary/aromatic N) is 3. The summed E-state index contributed by atoms with van der Waals surface area (Å²) in [6.45, 7) is 2.35. The van der Waals surface area contributed by atoms with Gasteiger partial charge in [0.15, 0.2) is 11.5 Å². The summed E-state index contributed by atoms with van der Waals surface area (Å²) in [4.78, 5) is 40.3. The number of ether oxygens (including phenoxy) is 4. The maximum atomic E-state index is 14.1. The lowest BCUT2D eigenvalue weighted by atomic mass is 9.99. The molecule has 2 aliphatic heterocycles. The van der Waals surface area contributed by atoms with Gasteiger partial charge in [-0.3, -0.25) is 9.59 Å². The summed E-state index contributed by atoms with van der Waals surface area (Å²) < 4.78 is 22.6. The average Bonchev–Trinajstić information content (AvgIpc) is 3.89. The molecule has 0 aliphatic carbocycles. The molecule has 2 N–H and O–H groups in total. The van der Waals surface area contributed by atoms with Crippen LogP contribution in [0.15, 0.2) is 48.5 Å². The number of benzene rings is 3. The standard InChI is InChI=1S/C36H38ClN5O6/c1-40(2)12-13-48-23-7-6-20-10-11-41(29(20)16-23)35(43)27-17-24-25(38-27)8-9-28-31(24)22(18-37)19-42(28)36(44)26-14-21-15-30(45-3)33(46-4)34(47-5)32(21)39-26/h6-9,14-17,22,38-39H,10-13,18-19H2,1-5H3/t22-/m1/s1. The van der Waals surface area contributed by atoms with E-state index < -0.39 is 0 Å². The molecular formula is C36H38ClN5O6. The van der Waals surface area contributed by atoms with E-state index in [0.29, 0.717) is 59.7 Å². The molecule has 11 nitrogen and oxygen atoms in total. The van der Waals surface area contributed by atoms with Gasteiger partial charge >= 0.3 is 0 Å². The number of aromatic nitrogens is 2. The predicted octanol–water partition coefficient (Wildman–Crippen LogP) is 5.80. The number of hydrogen-bond acceptors (Lipinski definition) is 7. The second-order valence-corrected chi connectivity index (χ2v) is 12.7. The summed E-state index contributed by atoms with van der Waals surface area (Å²) in [6.07, 6.45) is 0.777. The zero-order valence-corrected chi connectivity index (χ0v) is 28.4. The van der Waals surface area contributed by atoms with Gasteiger partial charge in [-0.25, -0.2) is 0 Å². The molecule has 1 atom stereocenters. The molecule has 0 fully saturated rings. The second-order valence-electron chi connectivity index (χ2n) is 12.4. The van der Waals surface area contributed by atoms with Crippen LogP contribution >= 0.6 is 11.6 Å². The van der Waals surface area contributed by atoms with Crippen LogP contribution in [0.2, 0.25) is 0 Å². The van der Waals surface area contributed by atoms with Gasteiger partial charge in [-0.05, 0) is 68.0 Å². The van der Waals surface area contributed by atoms with Gasteiger partial charge in [0, 0.05) is 59.5 Å². The normalized spacial score (nSPS) is 15.4. The van der Waals surface area contributed by atoms with Gasteiger partial charge in [-0.1, -0.05) is 6.07 Å². The summed E-state index contributed by atoms with van der Waals surface area (Å²) in [7, 11) is 8.65. The Morgan fingerprint density at radius 2 is 1.67 bits per heavy atom. The number of alkyl halides is 1. The molecule has 0 saturated heterocycles. The lowest BCUT2D eigenvalue weighted by molar-refractivity contribution is 0.0977. The topological polar surface area (TPSA) is 112 Å². The van der Waals surface area contributed by atoms with E-state index in [-0.39, 0.29) is 17.7 Å². The number of H-pyrrole nitrogens is 2. The minimum atomic E-state index is -0.205. The molecule has 7 rings (SSSR count). The molecule has 12 heteroatoms. The van der Waals surface area contributed by atoms with Crippen molar-refractivity contribution in [1.29, 1.82) is 0 Å². The van der Waals surface area contributed by atoms with Gasteiger partial charge in [-0.2, -0.15) is 0 Å². The van der Waals surface area contributed by atoms with Crippen molar-refractivity contribution in [2.75, 3.05) is 77.3 Å². The molecule has 48 heavy (non-hydrogen) atoms. The summed E-state index contributed by atoms with van der Waals surface area (Å²) in [5.41, 5.74) is 6.01. The molecule has 0 saturated carbocycles. The van der Waals surface area contributed by atoms with Gasteiger partial charge in [0.25, 0.3) is 11.8 Å². The Morgan fingerprint density at radius 1 is 0.896 bits per heavy atom. The number of carbonyl (C=O) groups is 2. The van der Waals surface area contributed by atoms with Gasteiger partial charge in [0.2, 0.25) is 5.75 Å². The maximum absolute atomic E-state index is 14.1. The van der Waals surface area contributed by atoms with Crippen molar-refractivity contribution in [3.63, 3.8) is 0 Å². The number of rotatable bonds is 10. The van der Waals surface area contributed by atoms with Crippen LogP contribution in [0.4, 0.5) is 11.4 Å². The Balaban J connectivity index is 1.20. The molecule has 0 radical (unpaired) electrons. The highest BCUT2D eigenvalue weighted by molar-refractivity contribution is 6.19. The largest absolute Gasteiger partial charge is 0.493 e. The van der Waals surface area contributed by atoms with Gasteiger partial charge in [0.05, 0.1) is 32.5 Å². The average molecular weight is 672 g/mol. The second kappa shape index (κ2) is 12.6. The van der Waals surface area contributed by atoms with Crippen LogP contribution < -0.4 is 28.7 Å². The Labute approximate surface area is 283 Å². The van der Waals surface area contributed by atoms with Crippen LogP contribution in [-0.2, 0) is 6.42 Å². The van der Waals surface area contributed by atoms with E-state index in [1.54, 1.807) is 32.3 Å². The fourth-order valence-electron chi connectivity index (χ4n) is 6.88. The minimum Gasteiger partial charge on any atom is -0.493 e. The molecule has 5 aromatic rings. The van der Waals surface area contributed by atoms with E-state index in [2.05, 4.69) is 14.9 Å². The van der Waals surface area contributed by atoms with Crippen molar-refractivity contribution in [3.8, 4) is 23.0 Å². The number of halogens is 1. The number of hydrogen-bond donors (Lipinski definition) is 2. The summed E-state index contributed by atoms with van der Waals surface area (Å²) >= 11 is 6.53. The molecule has 250 valence electrons. The molecule has 4 heterocycles. The third-order valence-corrected chi connectivity index (χ3v) is 9.61. The fourth-order valence-corrected chi connectivity index (χ4v) is 7.13. The lowest BCUT2D eigenvalue weighted by Gasteiger charge is -2.18. The Kier molecular flexibility index (Phi) is 8.34. The number of anilines is 2. The maximum Gasteiger partial charge on any atom is 0.274 e. The smallest absolute Gasteiger partial charge is 0.274 e. The number of nitrogens with one attached hydrogen (secondary N) is 2. The van der Waals surface area contributed by atoms with E-state index in [1.165, 1.54) is 0 Å². The van der Waals surface area contributed by atoms with Crippen molar-refractivity contribution in [2.24, 2.45) is 0 Å². The van der Waals surface area contributed by atoms with E-state index >= 15 is 0 Å². The van der Waals surface area contributed by atoms with Crippen LogP contribution in [0, 0.1) is 0 Å². The molecule has 2 aliphatic rings. The molecule has 0 unspecified atom stereocenters. The van der Waals surface area contributed by atoms with Gasteiger partial charge < -0.3 is 43.6 Å². The number of likely N-dealkylation sites (N-methyl/N-ethyl adjacent to an activating group) is 1. The van der Waals surface area contributed by atoms with Crippen LogP contribution in [0.1, 0.15) is 38.0 Å². The summed E-state index contributed by atoms with van der Waals surface area (Å²) in [6, 6.07) is 15.3. The van der Waals surface area contributed by atoms with Crippen LogP contribution in [0.5, 0.6) is 23.0 Å². The highest BCUT2D eigenvalue weighted by Crippen LogP contribution is 2.45. The van der Waals surface area contributed by atoms with E-state index in [9.17, 15) is 9.59 Å². The first-order chi connectivity index (χ1) is 23.3. The Hall–Kier alpha value is -4.87. The number of methoxy groups -OCH3 is 3. The highest BCUT2D eigenvalue weighted by atomic mass is 35.5. The molecule has 0 spiro atoms. The molecular weight excluding hydrogens is 634 g/mol. The third kappa shape index (κ3) is 5.27. The summed E-state index contributed by atoms with van der Waals surface area (Å²) in [5.74, 6) is 2.00. The van der Waals surface area contributed by atoms with Crippen LogP contribution in [0.25, 0.3) is 21.8 Å². The first-order valence-electron chi connectivity index (χ1n) is 15.8. The molecule has 3 aromatic carbocycles. The summed E-state index contributed by atoms with van der Waals surface area (Å²) in [5, 5.41) is 1.63. The van der Waals surface area contributed by atoms with Crippen molar-refractivity contribution < 1.29 is 28.5 Å². The number of aromatic amines is 2. The van der Waals surface area contributed by atoms with Crippen molar-refractivity contribution >= 4 is 56.6 Å². The third-order valence-electron chi connectivity index (χ3n) is 9.24. The van der Waals surface area contributed by atoms with E-state index in [4.69, 9.17) is 30.5 Å². The minimum absolute atomic E-state index is 0.115. The first-order valence-corrected chi connectivity index (χ1v) is 16.4. The fraction of sp³-hybridized carbons (Fsp3) is 0.333. The number of fused-ring (bicyclic) bond motifs is 5. The van der Waals surface area contributed by atoms with Crippen LogP contribution in [-0.4, -0.2) is 94.2 Å². The monoisotopic (exact) mass is 671 g/mol. The zero-order valence-electron chi connectivity index (χ0n) is 27.6. The predicted molar refractivity (Wildman–Crippen MR) is 187 cm³/mol. The molecule has 2 aromatic heterocycles. The Morgan fingerprint density at radius 3 is 2.40 bits per heavy atom. The number of amides is 2. The van der Waals surface area contributed by atoms with Crippen LogP contribution in [0.3, 0.4) is 0 Å². The number of carbonyl (C=O) groups excluding carboxylic acids is 2. The van der Waals surface area contributed by atoms with Gasteiger partial charge in [-0.15, -0.1) is 11.6 Å². The first kappa shape index (κ1) is 31.7. The molecule has 2 amide bonds. The van der Waals surface area contributed by atoms with Crippen molar-refractivity contribution in [2.45, 2.75) is 12.3 Å². The van der Waals surface area contributed by atoms with E-state index in [0.717, 1.165) is 57.5 Å². The highest BCUT2D eigenvalue weighted by Gasteiger charge is 2.36.